The number of aliphatic hydroxyl groups excluding tert-OH is 2. The number of rotatable bonds is 15. The van der Waals surface area contributed by atoms with Crippen molar-refractivity contribution in [2.24, 2.45) is 11.8 Å². The van der Waals surface area contributed by atoms with Gasteiger partial charge in [0.15, 0.2) is 35.2 Å². The van der Waals surface area contributed by atoms with Crippen LogP contribution in [0.25, 0.3) is 0 Å². The third-order valence-corrected chi connectivity index (χ3v) is 5.29. The van der Waals surface area contributed by atoms with E-state index in [4.69, 9.17) is 0 Å². The molecule has 0 aromatic rings. The predicted octanol–water partition coefficient (Wildman–Crippen LogP) is 2.60. The summed E-state index contributed by atoms with van der Waals surface area (Å²) in [5.41, 5.74) is -2.81. The maximum atomic E-state index is 12.7. The molecule has 0 amide bonds. The van der Waals surface area contributed by atoms with Crippen molar-refractivity contribution in [1.82, 2.24) is 0 Å². The Morgan fingerprint density at radius 1 is 0.704 bits per heavy atom. The molecule has 0 aromatic heterocycles. The molecule has 2 atom stereocenters. The van der Waals surface area contributed by atoms with Crippen molar-refractivity contribution in [3.8, 4) is 0 Å². The number of hydrogen-bond donors (Lipinski definition) is 3. The third kappa shape index (κ3) is 6.47. The van der Waals surface area contributed by atoms with Crippen molar-refractivity contribution in [3.05, 3.63) is 0 Å². The first kappa shape index (κ1) is 25.9. The Kier molecular flexibility index (Phi) is 11.9. The second-order valence-electron chi connectivity index (χ2n) is 7.54. The van der Waals surface area contributed by atoms with Gasteiger partial charge in [0.05, 0.1) is 0 Å². The van der Waals surface area contributed by atoms with Crippen molar-refractivity contribution in [3.63, 3.8) is 0 Å². The normalized spacial score (nSPS) is 16.2. The highest BCUT2D eigenvalue weighted by molar-refractivity contribution is 6.01. The van der Waals surface area contributed by atoms with Gasteiger partial charge in [0.2, 0.25) is 0 Å². The first-order valence-corrected chi connectivity index (χ1v) is 10.3. The summed E-state index contributed by atoms with van der Waals surface area (Å²) in [6.07, 6.45) is 0.618. The summed E-state index contributed by atoms with van der Waals surface area (Å²) in [5, 5.41) is 32.0. The molecule has 27 heavy (non-hydrogen) atoms. The molecular weight excluding hydrogens is 348 g/mol. The third-order valence-electron chi connectivity index (χ3n) is 5.29. The van der Waals surface area contributed by atoms with E-state index in [-0.39, 0.29) is 0 Å². The first-order valence-electron chi connectivity index (χ1n) is 10.3. The van der Waals surface area contributed by atoms with E-state index in [2.05, 4.69) is 0 Å². The van der Waals surface area contributed by atoms with Gasteiger partial charge < -0.3 is 15.3 Å². The molecule has 0 aromatic carbocycles. The van der Waals surface area contributed by atoms with E-state index in [9.17, 15) is 29.7 Å². The molecule has 0 rings (SSSR count). The average Bonchev–Trinajstić information content (AvgIpc) is 2.64. The van der Waals surface area contributed by atoms with Gasteiger partial charge >= 0.3 is 0 Å². The van der Waals surface area contributed by atoms with Crippen LogP contribution in [0.3, 0.4) is 0 Å². The van der Waals surface area contributed by atoms with E-state index in [0.717, 1.165) is 6.92 Å². The fourth-order valence-electron chi connectivity index (χ4n) is 3.67. The van der Waals surface area contributed by atoms with Crippen LogP contribution in [0.2, 0.25) is 0 Å². The van der Waals surface area contributed by atoms with Gasteiger partial charge in [-0.3, -0.25) is 14.4 Å². The van der Waals surface area contributed by atoms with Crippen molar-refractivity contribution in [2.45, 2.75) is 104 Å². The molecule has 0 aliphatic heterocycles. The topological polar surface area (TPSA) is 112 Å². The van der Waals surface area contributed by atoms with Crippen molar-refractivity contribution < 1.29 is 29.7 Å². The van der Waals surface area contributed by atoms with Gasteiger partial charge in [-0.1, -0.05) is 53.4 Å². The second-order valence-corrected chi connectivity index (χ2v) is 7.54. The number of Topliss-reactive ketones (excluding diaryl/α,β-unsaturated/α-hetero) is 3. The molecule has 6 nitrogen and oxygen atoms in total. The Bertz CT molecular complexity index is 441. The van der Waals surface area contributed by atoms with Crippen LogP contribution in [0.5, 0.6) is 0 Å². The van der Waals surface area contributed by atoms with Crippen LogP contribution in [-0.4, -0.2) is 50.5 Å². The van der Waals surface area contributed by atoms with Crippen LogP contribution in [0, 0.1) is 11.8 Å². The summed E-state index contributed by atoms with van der Waals surface area (Å²) in [4.78, 5) is 37.6. The van der Waals surface area contributed by atoms with Gasteiger partial charge in [-0.25, -0.2) is 0 Å². The SMILES string of the molecule is CCCC(CCC)C(=O)C(O)C(O)(C(C)=O)C(O)C(=O)C(CCC)CCC. The molecule has 2 unspecified atom stereocenters. The number of carbonyl (C=O) groups is 3. The Morgan fingerprint density at radius 2 is 0.963 bits per heavy atom. The van der Waals surface area contributed by atoms with Gasteiger partial charge in [-0.2, -0.15) is 0 Å². The minimum atomic E-state index is -2.81. The van der Waals surface area contributed by atoms with Gasteiger partial charge in [-0.15, -0.1) is 0 Å². The summed E-state index contributed by atoms with van der Waals surface area (Å²) in [7, 11) is 0. The number of ketones is 3. The summed E-state index contributed by atoms with van der Waals surface area (Å²) >= 11 is 0. The molecule has 0 spiro atoms. The summed E-state index contributed by atoms with van der Waals surface area (Å²) < 4.78 is 0. The highest BCUT2D eigenvalue weighted by atomic mass is 16.4. The molecule has 0 radical (unpaired) electrons. The number of hydrogen-bond acceptors (Lipinski definition) is 6. The number of carbonyl (C=O) groups excluding carboxylic acids is 3. The maximum absolute atomic E-state index is 12.7. The van der Waals surface area contributed by atoms with Crippen LogP contribution in [0.15, 0.2) is 0 Å². The molecule has 0 aliphatic rings. The standard InChI is InChI=1S/C21H38O6/c1-6-10-15(11-7-2)17(23)19(25)21(27,14(5)22)20(26)18(24)16(12-8-3)13-9-4/h15-16,19-20,25-27H,6-13H2,1-5H3. The summed E-state index contributed by atoms with van der Waals surface area (Å²) in [5.74, 6) is -3.41. The van der Waals surface area contributed by atoms with Crippen LogP contribution in [0.1, 0.15) is 86.0 Å². The monoisotopic (exact) mass is 386 g/mol. The zero-order valence-corrected chi connectivity index (χ0v) is 17.5. The summed E-state index contributed by atoms with van der Waals surface area (Å²) in [6.45, 7) is 8.59. The largest absolute Gasteiger partial charge is 0.382 e. The van der Waals surface area contributed by atoms with E-state index in [1.165, 1.54) is 0 Å². The van der Waals surface area contributed by atoms with Crippen molar-refractivity contribution >= 4 is 17.3 Å². The van der Waals surface area contributed by atoms with E-state index in [1.807, 2.05) is 27.7 Å². The van der Waals surface area contributed by atoms with Crippen molar-refractivity contribution in [2.75, 3.05) is 0 Å². The van der Waals surface area contributed by atoms with Gasteiger partial charge in [-0.05, 0) is 32.6 Å². The Morgan fingerprint density at radius 3 is 1.15 bits per heavy atom. The van der Waals surface area contributed by atoms with Gasteiger partial charge in [0, 0.05) is 11.8 Å². The lowest BCUT2D eigenvalue weighted by Gasteiger charge is -2.36. The molecule has 3 N–H and O–H groups in total. The quantitative estimate of drug-likeness (QED) is 0.399. The number of aliphatic hydroxyl groups is 3. The Labute approximate surface area is 163 Å². The first-order chi connectivity index (χ1) is 12.6. The second kappa shape index (κ2) is 12.4. The minimum Gasteiger partial charge on any atom is -0.382 e. The molecule has 0 saturated carbocycles. The maximum Gasteiger partial charge on any atom is 0.188 e. The van der Waals surface area contributed by atoms with Gasteiger partial charge in [0.1, 0.15) is 0 Å². The molecule has 0 saturated heterocycles. The Balaban J connectivity index is 5.76. The van der Waals surface area contributed by atoms with E-state index in [1.54, 1.807) is 0 Å². The zero-order chi connectivity index (χ0) is 21.2. The molecule has 0 bridgehead atoms. The van der Waals surface area contributed by atoms with E-state index >= 15 is 0 Å². The lowest BCUT2D eigenvalue weighted by molar-refractivity contribution is -0.183. The molecule has 158 valence electrons. The predicted molar refractivity (Wildman–Crippen MR) is 104 cm³/mol. The zero-order valence-electron chi connectivity index (χ0n) is 17.5. The smallest absolute Gasteiger partial charge is 0.188 e. The van der Waals surface area contributed by atoms with Crippen LogP contribution >= 0.6 is 0 Å². The highest BCUT2D eigenvalue weighted by Gasteiger charge is 2.54. The van der Waals surface area contributed by atoms with Gasteiger partial charge in [0.25, 0.3) is 0 Å². The lowest BCUT2D eigenvalue weighted by Crippen LogP contribution is -2.64. The average molecular weight is 387 g/mol. The summed E-state index contributed by atoms with van der Waals surface area (Å²) in [6, 6.07) is 0. The molecular formula is C21H38O6. The molecule has 0 heterocycles. The molecule has 6 heteroatoms. The molecule has 0 aliphatic carbocycles. The van der Waals surface area contributed by atoms with Crippen LogP contribution in [0.4, 0.5) is 0 Å². The minimum absolute atomic E-state index is 0.510. The fourth-order valence-corrected chi connectivity index (χ4v) is 3.67. The Hall–Kier alpha value is -1.11. The fraction of sp³-hybridized carbons (Fsp3) is 0.857. The van der Waals surface area contributed by atoms with Crippen LogP contribution < -0.4 is 0 Å². The lowest BCUT2D eigenvalue weighted by atomic mass is 9.75. The van der Waals surface area contributed by atoms with E-state index in [0.29, 0.717) is 51.4 Å². The molecule has 0 fully saturated rings. The van der Waals surface area contributed by atoms with Crippen molar-refractivity contribution in [1.29, 1.82) is 0 Å². The van der Waals surface area contributed by atoms with E-state index < -0.39 is 47.0 Å². The van der Waals surface area contributed by atoms with Crippen LogP contribution in [-0.2, 0) is 14.4 Å². The highest BCUT2D eigenvalue weighted by Crippen LogP contribution is 2.28.